The molecule has 0 unspecified atom stereocenters. The van der Waals surface area contributed by atoms with E-state index in [1.54, 1.807) is 43.3 Å². The van der Waals surface area contributed by atoms with Crippen molar-refractivity contribution in [2.45, 2.75) is 20.3 Å². The third-order valence-corrected chi connectivity index (χ3v) is 3.68. The van der Waals surface area contributed by atoms with Crippen molar-refractivity contribution in [3.8, 4) is 0 Å². The van der Waals surface area contributed by atoms with Crippen LogP contribution in [0.5, 0.6) is 0 Å². The van der Waals surface area contributed by atoms with Gasteiger partial charge in [-0.3, -0.25) is 9.59 Å². The minimum atomic E-state index is -0.754. The number of nitrogens with zero attached hydrogens (tertiary/aromatic N) is 1. The summed E-state index contributed by atoms with van der Waals surface area (Å²) >= 11 is 0. The zero-order chi connectivity index (χ0) is 19.8. The van der Waals surface area contributed by atoms with E-state index < -0.39 is 11.9 Å². The zero-order valence-corrected chi connectivity index (χ0v) is 15.2. The molecule has 1 amide bonds. The van der Waals surface area contributed by atoms with Crippen molar-refractivity contribution in [1.82, 2.24) is 5.43 Å². The summed E-state index contributed by atoms with van der Waals surface area (Å²) in [6.45, 7) is 3.68. The number of hydrogen-bond acceptors (Lipinski definition) is 6. The lowest BCUT2D eigenvalue weighted by Crippen LogP contribution is -2.27. The molecule has 0 bridgehead atoms. The summed E-state index contributed by atoms with van der Waals surface area (Å²) in [7, 11) is 0. The molecule has 3 N–H and O–H groups in total. The summed E-state index contributed by atoms with van der Waals surface area (Å²) in [6, 6.07) is 13.2. The Kier molecular flexibility index (Phi) is 6.82. The fourth-order valence-corrected chi connectivity index (χ4v) is 2.18. The first-order valence-electron chi connectivity index (χ1n) is 8.40. The Bertz CT molecular complexity index is 856. The van der Waals surface area contributed by atoms with Crippen molar-refractivity contribution in [3.05, 3.63) is 65.2 Å². The molecular formula is C20H21N3O4. The van der Waals surface area contributed by atoms with Crippen molar-refractivity contribution in [1.29, 1.82) is 0 Å². The van der Waals surface area contributed by atoms with Crippen LogP contribution in [0.1, 0.15) is 39.6 Å². The number of hydrogen-bond donors (Lipinski definition) is 2. The molecule has 0 fully saturated rings. The van der Waals surface area contributed by atoms with Crippen LogP contribution in [-0.2, 0) is 9.53 Å². The summed E-state index contributed by atoms with van der Waals surface area (Å²) in [5, 5.41) is 3.81. The van der Waals surface area contributed by atoms with Crippen molar-refractivity contribution in [2.75, 3.05) is 12.3 Å². The second kappa shape index (κ2) is 9.28. The zero-order valence-electron chi connectivity index (χ0n) is 15.2. The van der Waals surface area contributed by atoms with E-state index in [4.69, 9.17) is 10.5 Å². The molecule has 0 atom stereocenters. The molecule has 0 aliphatic carbocycles. The summed E-state index contributed by atoms with van der Waals surface area (Å²) in [5.41, 5.74) is 9.99. The number of benzene rings is 2. The summed E-state index contributed by atoms with van der Waals surface area (Å²) in [5.74, 6) is -1.58. The molecule has 27 heavy (non-hydrogen) atoms. The molecule has 0 aliphatic heterocycles. The van der Waals surface area contributed by atoms with Gasteiger partial charge in [0.05, 0.1) is 13.0 Å². The van der Waals surface area contributed by atoms with Gasteiger partial charge in [-0.2, -0.15) is 5.10 Å². The van der Waals surface area contributed by atoms with Gasteiger partial charge < -0.3 is 10.5 Å². The van der Waals surface area contributed by atoms with Crippen LogP contribution in [-0.4, -0.2) is 30.0 Å². The molecule has 0 aliphatic rings. The van der Waals surface area contributed by atoms with E-state index in [-0.39, 0.29) is 24.5 Å². The van der Waals surface area contributed by atoms with Crippen LogP contribution >= 0.6 is 0 Å². The van der Waals surface area contributed by atoms with Crippen LogP contribution in [0.25, 0.3) is 0 Å². The average Bonchev–Trinajstić information content (AvgIpc) is 2.66. The van der Waals surface area contributed by atoms with E-state index in [1.165, 1.54) is 12.1 Å². The van der Waals surface area contributed by atoms with Crippen LogP contribution in [0.15, 0.2) is 53.6 Å². The molecule has 7 nitrogen and oxygen atoms in total. The molecule has 0 saturated carbocycles. The van der Waals surface area contributed by atoms with E-state index in [0.717, 1.165) is 5.56 Å². The van der Waals surface area contributed by atoms with Crippen LogP contribution in [0.3, 0.4) is 0 Å². The van der Waals surface area contributed by atoms with Gasteiger partial charge in [-0.1, -0.05) is 29.8 Å². The van der Waals surface area contributed by atoms with Gasteiger partial charge in [-0.05, 0) is 38.1 Å². The predicted octanol–water partition coefficient (Wildman–Crippen LogP) is 2.50. The maximum Gasteiger partial charge on any atom is 0.354 e. The Morgan fingerprint density at radius 1 is 1.00 bits per heavy atom. The Hall–Kier alpha value is -3.48. The first-order valence-corrected chi connectivity index (χ1v) is 8.40. The number of nitrogens with one attached hydrogen (secondary N) is 1. The number of nitrogen functional groups attached to an aromatic ring is 1. The van der Waals surface area contributed by atoms with E-state index >= 15 is 0 Å². The number of anilines is 1. The monoisotopic (exact) mass is 367 g/mol. The van der Waals surface area contributed by atoms with Gasteiger partial charge in [0.15, 0.2) is 11.5 Å². The third-order valence-electron chi connectivity index (χ3n) is 3.68. The number of rotatable bonds is 7. The number of amides is 1. The maximum absolute atomic E-state index is 12.4. The van der Waals surface area contributed by atoms with Gasteiger partial charge in [-0.25, -0.2) is 10.2 Å². The molecule has 0 heterocycles. The van der Waals surface area contributed by atoms with E-state index in [2.05, 4.69) is 10.5 Å². The topological polar surface area (TPSA) is 111 Å². The molecule has 0 radical (unpaired) electrons. The van der Waals surface area contributed by atoms with Gasteiger partial charge in [0.1, 0.15) is 0 Å². The number of esters is 1. The highest BCUT2D eigenvalue weighted by Crippen LogP contribution is 2.08. The SMILES string of the molecule is CCOC(=O)/C(CC(=O)c1ccc(C)cc1)=N/NC(=O)c1ccc(N)cc1. The second-order valence-corrected chi connectivity index (χ2v) is 5.81. The molecule has 0 spiro atoms. The highest BCUT2D eigenvalue weighted by molar-refractivity contribution is 6.40. The number of carbonyl (C=O) groups is 3. The largest absolute Gasteiger partial charge is 0.461 e. The number of nitrogens with two attached hydrogens (primary N) is 1. The number of carbonyl (C=O) groups excluding carboxylic acids is 3. The fraction of sp³-hybridized carbons (Fsp3) is 0.200. The molecule has 7 heteroatoms. The summed E-state index contributed by atoms with van der Waals surface area (Å²) in [6.07, 6.45) is -0.288. The maximum atomic E-state index is 12.4. The van der Waals surface area contributed by atoms with Gasteiger partial charge >= 0.3 is 5.97 Å². The Morgan fingerprint density at radius 3 is 2.19 bits per heavy atom. The Balaban J connectivity index is 2.15. The molecule has 0 saturated heterocycles. The normalized spacial score (nSPS) is 11.0. The number of ketones is 1. The third kappa shape index (κ3) is 5.78. The number of Topliss-reactive ketones (excluding diaryl/α,β-unsaturated/α-hetero) is 1. The van der Waals surface area contributed by atoms with Crippen molar-refractivity contribution < 1.29 is 19.1 Å². The first kappa shape index (κ1) is 19.8. The van der Waals surface area contributed by atoms with E-state index in [0.29, 0.717) is 16.8 Å². The fourth-order valence-electron chi connectivity index (χ4n) is 2.18. The minimum absolute atomic E-state index is 0.127. The second-order valence-electron chi connectivity index (χ2n) is 5.81. The molecule has 140 valence electrons. The van der Waals surface area contributed by atoms with Crippen LogP contribution in [0.4, 0.5) is 5.69 Å². The Labute approximate surface area is 157 Å². The van der Waals surface area contributed by atoms with Crippen molar-refractivity contribution in [3.63, 3.8) is 0 Å². The summed E-state index contributed by atoms with van der Waals surface area (Å²) in [4.78, 5) is 36.6. The van der Waals surface area contributed by atoms with Gasteiger partial charge in [0.25, 0.3) is 5.91 Å². The van der Waals surface area contributed by atoms with Crippen molar-refractivity contribution >= 4 is 29.1 Å². The van der Waals surface area contributed by atoms with Crippen LogP contribution < -0.4 is 11.2 Å². The number of ether oxygens (including phenoxy) is 1. The highest BCUT2D eigenvalue weighted by Gasteiger charge is 2.19. The van der Waals surface area contributed by atoms with Crippen LogP contribution in [0.2, 0.25) is 0 Å². The molecule has 2 rings (SSSR count). The van der Waals surface area contributed by atoms with Crippen molar-refractivity contribution in [2.24, 2.45) is 5.10 Å². The summed E-state index contributed by atoms with van der Waals surface area (Å²) < 4.78 is 4.92. The van der Waals surface area contributed by atoms with Gasteiger partial charge in [0.2, 0.25) is 0 Å². The quantitative estimate of drug-likeness (QED) is 0.257. The first-order chi connectivity index (χ1) is 12.9. The van der Waals surface area contributed by atoms with Crippen LogP contribution in [0, 0.1) is 6.92 Å². The van der Waals surface area contributed by atoms with E-state index in [9.17, 15) is 14.4 Å². The molecule has 0 aromatic heterocycles. The highest BCUT2D eigenvalue weighted by atomic mass is 16.5. The standard InChI is InChI=1S/C20H21N3O4/c1-3-27-20(26)17(12-18(24)14-6-4-13(2)5-7-14)22-23-19(25)15-8-10-16(21)11-9-15/h4-11H,3,12,21H2,1-2H3,(H,23,25)/b22-17+. The molecule has 2 aromatic carbocycles. The Morgan fingerprint density at radius 2 is 1.59 bits per heavy atom. The lowest BCUT2D eigenvalue weighted by molar-refractivity contribution is -0.135. The average molecular weight is 367 g/mol. The number of aryl methyl sites for hydroxylation is 1. The predicted molar refractivity (Wildman–Crippen MR) is 103 cm³/mol. The smallest absolute Gasteiger partial charge is 0.354 e. The molecule has 2 aromatic rings. The van der Waals surface area contributed by atoms with Gasteiger partial charge in [-0.15, -0.1) is 0 Å². The van der Waals surface area contributed by atoms with Gasteiger partial charge in [0, 0.05) is 16.8 Å². The van der Waals surface area contributed by atoms with E-state index in [1.807, 2.05) is 6.92 Å². The number of hydrazone groups is 1. The lowest BCUT2D eigenvalue weighted by Gasteiger charge is -2.07. The minimum Gasteiger partial charge on any atom is -0.461 e. The molecular weight excluding hydrogens is 346 g/mol. The lowest BCUT2D eigenvalue weighted by atomic mass is 10.0.